The van der Waals surface area contributed by atoms with Crippen LogP contribution in [0.25, 0.3) is 5.69 Å². The highest BCUT2D eigenvalue weighted by atomic mass is 35.5. The van der Waals surface area contributed by atoms with Crippen LogP contribution in [0.1, 0.15) is 28.8 Å². The van der Waals surface area contributed by atoms with Crippen LogP contribution in [0, 0.1) is 0 Å². The first-order valence-corrected chi connectivity index (χ1v) is 10.3. The van der Waals surface area contributed by atoms with Gasteiger partial charge in [-0.1, -0.05) is 17.7 Å². The normalized spacial score (nSPS) is 15.9. The van der Waals surface area contributed by atoms with Crippen LogP contribution in [0.2, 0.25) is 5.02 Å². The third kappa shape index (κ3) is 4.50. The van der Waals surface area contributed by atoms with E-state index in [1.807, 2.05) is 41.2 Å². The number of aromatic nitrogens is 2. The Kier molecular flexibility index (Phi) is 6.35. The van der Waals surface area contributed by atoms with Crippen molar-refractivity contribution < 1.29 is 14.3 Å². The number of nitrogens with zero attached hydrogens (tertiary/aromatic N) is 3. The molecular weight excluding hydrogens is 402 g/mol. The monoisotopic (exact) mass is 425 g/mol. The molecule has 6 nitrogen and oxygen atoms in total. The van der Waals surface area contributed by atoms with Gasteiger partial charge in [-0.05, 0) is 42.7 Å². The van der Waals surface area contributed by atoms with Crippen LogP contribution in [0.5, 0.6) is 5.75 Å². The Hall–Kier alpha value is -2.83. The van der Waals surface area contributed by atoms with Crippen molar-refractivity contribution in [2.75, 3.05) is 20.3 Å². The number of benzene rings is 1. The average molecular weight is 426 g/mol. The Balaban J connectivity index is 1.66. The van der Waals surface area contributed by atoms with Gasteiger partial charge in [0.2, 0.25) is 0 Å². The number of hydrogen-bond donors (Lipinski definition) is 0. The quantitative estimate of drug-likeness (QED) is 0.564. The second kappa shape index (κ2) is 9.32. The van der Waals surface area contributed by atoms with Crippen molar-refractivity contribution in [3.63, 3.8) is 0 Å². The fourth-order valence-electron chi connectivity index (χ4n) is 3.71. The van der Waals surface area contributed by atoms with Gasteiger partial charge < -0.3 is 18.9 Å². The SMILES string of the molecule is COc1cc(-n2cccc2)c(Cl)cc1C(=O)N(Cc1cccnc1)CC1CCCO1. The highest BCUT2D eigenvalue weighted by Crippen LogP contribution is 2.31. The summed E-state index contributed by atoms with van der Waals surface area (Å²) in [5, 5.41) is 0.480. The number of carbonyl (C=O) groups is 1. The lowest BCUT2D eigenvalue weighted by Gasteiger charge is -2.26. The van der Waals surface area contributed by atoms with Gasteiger partial charge in [0.15, 0.2) is 0 Å². The molecule has 30 heavy (non-hydrogen) atoms. The van der Waals surface area contributed by atoms with E-state index in [9.17, 15) is 4.79 Å². The molecule has 0 spiro atoms. The highest BCUT2D eigenvalue weighted by molar-refractivity contribution is 6.33. The summed E-state index contributed by atoms with van der Waals surface area (Å²) in [7, 11) is 1.56. The van der Waals surface area contributed by atoms with E-state index in [1.54, 1.807) is 36.5 Å². The average Bonchev–Trinajstić information content (AvgIpc) is 3.48. The van der Waals surface area contributed by atoms with Crippen molar-refractivity contribution in [2.45, 2.75) is 25.5 Å². The minimum Gasteiger partial charge on any atom is -0.496 e. The van der Waals surface area contributed by atoms with Crippen molar-refractivity contribution in [1.29, 1.82) is 0 Å². The molecule has 3 heterocycles. The van der Waals surface area contributed by atoms with Crippen LogP contribution in [-0.2, 0) is 11.3 Å². The highest BCUT2D eigenvalue weighted by Gasteiger charge is 2.26. The number of ether oxygens (including phenoxy) is 2. The maximum Gasteiger partial charge on any atom is 0.258 e. The van der Waals surface area contributed by atoms with Crippen LogP contribution < -0.4 is 4.74 Å². The topological polar surface area (TPSA) is 56.6 Å². The van der Waals surface area contributed by atoms with Gasteiger partial charge in [-0.15, -0.1) is 0 Å². The first-order chi connectivity index (χ1) is 14.7. The Morgan fingerprint density at radius 2 is 2.17 bits per heavy atom. The summed E-state index contributed by atoms with van der Waals surface area (Å²) >= 11 is 6.55. The molecule has 1 amide bonds. The van der Waals surface area contributed by atoms with Crippen molar-refractivity contribution in [3.8, 4) is 11.4 Å². The number of amides is 1. The van der Waals surface area contributed by atoms with E-state index in [1.165, 1.54) is 0 Å². The molecule has 156 valence electrons. The number of carbonyl (C=O) groups excluding carboxylic acids is 1. The predicted molar refractivity (Wildman–Crippen MR) is 115 cm³/mol. The molecule has 1 aliphatic heterocycles. The first kappa shape index (κ1) is 20.4. The fraction of sp³-hybridized carbons (Fsp3) is 0.304. The van der Waals surface area contributed by atoms with E-state index in [2.05, 4.69) is 4.98 Å². The molecule has 1 atom stereocenters. The molecule has 1 unspecified atom stereocenters. The van der Waals surface area contributed by atoms with E-state index < -0.39 is 0 Å². The number of pyridine rings is 1. The summed E-state index contributed by atoms with van der Waals surface area (Å²) in [5.41, 5.74) is 2.14. The Morgan fingerprint density at radius 3 is 2.83 bits per heavy atom. The number of halogens is 1. The van der Waals surface area contributed by atoms with Gasteiger partial charge in [-0.2, -0.15) is 0 Å². The zero-order valence-corrected chi connectivity index (χ0v) is 17.6. The molecule has 0 N–H and O–H groups in total. The van der Waals surface area contributed by atoms with E-state index in [0.29, 0.717) is 29.4 Å². The van der Waals surface area contributed by atoms with Gasteiger partial charge >= 0.3 is 0 Å². The summed E-state index contributed by atoms with van der Waals surface area (Å²) in [6.45, 7) is 1.68. The van der Waals surface area contributed by atoms with E-state index >= 15 is 0 Å². The molecule has 2 aromatic heterocycles. The molecule has 0 radical (unpaired) electrons. The van der Waals surface area contributed by atoms with Gasteiger partial charge in [-0.25, -0.2) is 0 Å². The van der Waals surface area contributed by atoms with Crippen LogP contribution in [0.4, 0.5) is 0 Å². The minimum absolute atomic E-state index is 0.0336. The minimum atomic E-state index is -0.146. The van der Waals surface area contributed by atoms with E-state index in [0.717, 1.165) is 30.7 Å². The van der Waals surface area contributed by atoms with Crippen molar-refractivity contribution in [2.24, 2.45) is 0 Å². The third-order valence-corrected chi connectivity index (χ3v) is 5.52. The van der Waals surface area contributed by atoms with Crippen molar-refractivity contribution >= 4 is 17.5 Å². The van der Waals surface area contributed by atoms with Crippen LogP contribution in [-0.4, -0.2) is 46.7 Å². The van der Waals surface area contributed by atoms with Crippen molar-refractivity contribution in [1.82, 2.24) is 14.5 Å². The second-order valence-electron chi connectivity index (χ2n) is 7.28. The predicted octanol–water partition coefficient (Wildman–Crippen LogP) is 4.36. The molecular formula is C23H24ClN3O3. The first-order valence-electron chi connectivity index (χ1n) is 9.96. The number of methoxy groups -OCH3 is 1. The maximum absolute atomic E-state index is 13.6. The zero-order valence-electron chi connectivity index (χ0n) is 16.8. The molecule has 1 aromatic carbocycles. The van der Waals surface area contributed by atoms with E-state index in [4.69, 9.17) is 21.1 Å². The summed E-state index contributed by atoms with van der Waals surface area (Å²) < 4.78 is 13.2. The maximum atomic E-state index is 13.6. The number of rotatable bonds is 7. The van der Waals surface area contributed by atoms with Crippen LogP contribution in [0.3, 0.4) is 0 Å². The standard InChI is InChI=1S/C23H24ClN3O3/c1-29-22-13-21(26-9-2-3-10-26)20(24)12-19(22)23(28)27(16-18-7-5-11-30-18)15-17-6-4-8-25-14-17/h2-4,6,8-10,12-14,18H,5,7,11,15-16H2,1H3. The smallest absolute Gasteiger partial charge is 0.258 e. The Morgan fingerprint density at radius 1 is 1.33 bits per heavy atom. The fourth-order valence-corrected chi connectivity index (χ4v) is 3.97. The molecule has 1 saturated heterocycles. The summed E-state index contributed by atoms with van der Waals surface area (Å²) in [6, 6.07) is 11.1. The lowest BCUT2D eigenvalue weighted by molar-refractivity contribution is 0.0504. The van der Waals surface area contributed by atoms with Gasteiger partial charge in [0.25, 0.3) is 5.91 Å². The van der Waals surface area contributed by atoms with E-state index in [-0.39, 0.29) is 12.0 Å². The van der Waals surface area contributed by atoms with Gasteiger partial charge in [0.05, 0.1) is 29.5 Å². The van der Waals surface area contributed by atoms with Crippen LogP contribution >= 0.6 is 11.6 Å². The summed E-state index contributed by atoms with van der Waals surface area (Å²) in [4.78, 5) is 19.5. The zero-order chi connectivity index (χ0) is 20.9. The largest absolute Gasteiger partial charge is 0.496 e. The molecule has 7 heteroatoms. The third-order valence-electron chi connectivity index (χ3n) is 5.21. The van der Waals surface area contributed by atoms with Crippen LogP contribution in [0.15, 0.2) is 61.2 Å². The van der Waals surface area contributed by atoms with Crippen molar-refractivity contribution in [3.05, 3.63) is 77.3 Å². The Bertz CT molecular complexity index is 986. The molecule has 1 fully saturated rings. The molecule has 0 bridgehead atoms. The van der Waals surface area contributed by atoms with Gasteiger partial charge in [0.1, 0.15) is 5.75 Å². The Labute approximate surface area is 181 Å². The summed E-state index contributed by atoms with van der Waals surface area (Å²) in [6.07, 6.45) is 9.28. The molecule has 1 aliphatic rings. The number of hydrogen-bond acceptors (Lipinski definition) is 4. The van der Waals surface area contributed by atoms with Gasteiger partial charge in [-0.3, -0.25) is 9.78 Å². The molecule has 0 aliphatic carbocycles. The molecule has 0 saturated carbocycles. The van der Waals surface area contributed by atoms with Gasteiger partial charge in [0, 0.05) is 50.6 Å². The second-order valence-corrected chi connectivity index (χ2v) is 7.68. The lowest BCUT2D eigenvalue weighted by atomic mass is 10.1. The molecule has 4 rings (SSSR count). The molecule has 3 aromatic rings. The summed E-state index contributed by atoms with van der Waals surface area (Å²) in [5.74, 6) is 0.337. The lowest BCUT2D eigenvalue weighted by Crippen LogP contribution is -2.37.